The third-order valence-corrected chi connectivity index (χ3v) is 5.48. The zero-order valence-electron chi connectivity index (χ0n) is 16.4. The van der Waals surface area contributed by atoms with Gasteiger partial charge in [-0.1, -0.05) is 60.7 Å². The van der Waals surface area contributed by atoms with E-state index in [0.717, 1.165) is 55.9 Å². The molecular formula is C24H27N3O. The topological polar surface area (TPSA) is 28.5 Å². The van der Waals surface area contributed by atoms with E-state index in [2.05, 4.69) is 64.9 Å². The highest BCUT2D eigenvalue weighted by Gasteiger charge is 2.24. The van der Waals surface area contributed by atoms with Crippen molar-refractivity contribution >= 4 is 22.9 Å². The summed E-state index contributed by atoms with van der Waals surface area (Å²) in [7, 11) is 0. The summed E-state index contributed by atoms with van der Waals surface area (Å²) in [5.41, 5.74) is 3.17. The van der Waals surface area contributed by atoms with E-state index < -0.39 is 0 Å². The number of carbonyl (C=O) groups excluding carboxylic acids is 1. The molecule has 1 fully saturated rings. The van der Waals surface area contributed by atoms with Gasteiger partial charge in [-0.15, -0.1) is 0 Å². The minimum atomic E-state index is 0.150. The Morgan fingerprint density at radius 3 is 2.43 bits per heavy atom. The number of nitrogens with zero attached hydrogens (tertiary/aromatic N) is 3. The molecule has 144 valence electrons. The number of hydrogen-bond acceptors (Lipinski definition) is 2. The molecule has 1 aromatic heterocycles. The van der Waals surface area contributed by atoms with Crippen molar-refractivity contribution in [3.05, 3.63) is 78.0 Å². The smallest absolute Gasteiger partial charge is 0.270 e. The molecular weight excluding hydrogens is 346 g/mol. The summed E-state index contributed by atoms with van der Waals surface area (Å²) in [6, 6.07) is 20.6. The summed E-state index contributed by atoms with van der Waals surface area (Å²) < 4.78 is 2.13. The van der Waals surface area contributed by atoms with Gasteiger partial charge < -0.3 is 9.47 Å². The minimum Gasteiger partial charge on any atom is -0.337 e. The SMILES string of the molecule is CCn1c(C(=O)N2CCN(CC=Cc3ccccc3)CC2)cc2ccccc21. The molecule has 0 atom stereocenters. The molecule has 2 heterocycles. The fourth-order valence-electron chi connectivity index (χ4n) is 3.93. The lowest BCUT2D eigenvalue weighted by Crippen LogP contribution is -2.49. The van der Waals surface area contributed by atoms with E-state index in [0.29, 0.717) is 0 Å². The van der Waals surface area contributed by atoms with Gasteiger partial charge in [-0.3, -0.25) is 9.69 Å². The van der Waals surface area contributed by atoms with Crippen LogP contribution < -0.4 is 0 Å². The van der Waals surface area contributed by atoms with Gasteiger partial charge in [0.1, 0.15) is 5.69 Å². The number of aryl methyl sites for hydroxylation is 1. The first-order valence-electron chi connectivity index (χ1n) is 10.1. The summed E-state index contributed by atoms with van der Waals surface area (Å²) in [5, 5.41) is 1.14. The summed E-state index contributed by atoms with van der Waals surface area (Å²) in [5.74, 6) is 0.150. The van der Waals surface area contributed by atoms with Crippen molar-refractivity contribution in [2.45, 2.75) is 13.5 Å². The average molecular weight is 374 g/mol. The predicted molar refractivity (Wildman–Crippen MR) is 115 cm³/mol. The van der Waals surface area contributed by atoms with Gasteiger partial charge in [0, 0.05) is 50.2 Å². The second kappa shape index (κ2) is 8.44. The normalized spacial score (nSPS) is 15.5. The van der Waals surface area contributed by atoms with Gasteiger partial charge >= 0.3 is 0 Å². The number of piperazine rings is 1. The molecule has 0 spiro atoms. The number of para-hydroxylation sites is 1. The van der Waals surface area contributed by atoms with Crippen LogP contribution in [0.15, 0.2) is 66.7 Å². The molecule has 28 heavy (non-hydrogen) atoms. The molecule has 0 N–H and O–H groups in total. The maximum atomic E-state index is 13.1. The quantitative estimate of drug-likeness (QED) is 0.673. The number of fused-ring (bicyclic) bond motifs is 1. The molecule has 0 unspecified atom stereocenters. The molecule has 2 aromatic carbocycles. The van der Waals surface area contributed by atoms with Crippen LogP contribution in [-0.2, 0) is 6.54 Å². The fraction of sp³-hybridized carbons (Fsp3) is 0.292. The highest BCUT2D eigenvalue weighted by atomic mass is 16.2. The van der Waals surface area contributed by atoms with Gasteiger partial charge in [-0.2, -0.15) is 0 Å². The molecule has 4 nitrogen and oxygen atoms in total. The van der Waals surface area contributed by atoms with E-state index >= 15 is 0 Å². The van der Waals surface area contributed by atoms with Crippen LogP contribution in [0.1, 0.15) is 23.0 Å². The summed E-state index contributed by atoms with van der Waals surface area (Å²) in [4.78, 5) is 17.5. The third-order valence-electron chi connectivity index (χ3n) is 5.48. The lowest BCUT2D eigenvalue weighted by Gasteiger charge is -2.34. The third kappa shape index (κ3) is 3.87. The molecule has 1 saturated heterocycles. The van der Waals surface area contributed by atoms with E-state index in [1.807, 2.05) is 29.2 Å². The number of aromatic nitrogens is 1. The van der Waals surface area contributed by atoms with E-state index in [1.165, 1.54) is 5.56 Å². The number of amides is 1. The number of hydrogen-bond donors (Lipinski definition) is 0. The molecule has 4 rings (SSSR count). The second-order valence-corrected chi connectivity index (χ2v) is 7.24. The fourth-order valence-corrected chi connectivity index (χ4v) is 3.93. The van der Waals surface area contributed by atoms with Crippen LogP contribution in [0.5, 0.6) is 0 Å². The maximum absolute atomic E-state index is 13.1. The van der Waals surface area contributed by atoms with Gasteiger partial charge in [-0.05, 0) is 24.6 Å². The summed E-state index contributed by atoms with van der Waals surface area (Å²) >= 11 is 0. The molecule has 0 radical (unpaired) electrons. The highest BCUT2D eigenvalue weighted by molar-refractivity contribution is 5.98. The average Bonchev–Trinajstić information content (AvgIpc) is 3.13. The Hall–Kier alpha value is -2.85. The van der Waals surface area contributed by atoms with Crippen molar-refractivity contribution in [2.75, 3.05) is 32.7 Å². The second-order valence-electron chi connectivity index (χ2n) is 7.24. The molecule has 3 aromatic rings. The first-order chi connectivity index (χ1) is 13.8. The first kappa shape index (κ1) is 18.5. The standard InChI is InChI=1S/C24H27N3O/c1-2-27-22-13-7-6-12-21(22)19-23(27)24(28)26-17-15-25(16-18-26)14-8-11-20-9-4-3-5-10-20/h3-13,19H,2,14-18H2,1H3. The van der Waals surface area contributed by atoms with Gasteiger partial charge in [0.25, 0.3) is 5.91 Å². The van der Waals surface area contributed by atoms with Gasteiger partial charge in [0.2, 0.25) is 0 Å². The molecule has 1 amide bonds. The van der Waals surface area contributed by atoms with Crippen molar-refractivity contribution in [1.82, 2.24) is 14.4 Å². The summed E-state index contributed by atoms with van der Waals surface area (Å²) in [6.07, 6.45) is 4.37. The lowest BCUT2D eigenvalue weighted by atomic mass is 10.2. The Bertz CT molecular complexity index is 966. The Morgan fingerprint density at radius 2 is 1.68 bits per heavy atom. The maximum Gasteiger partial charge on any atom is 0.270 e. The van der Waals surface area contributed by atoms with E-state index in [-0.39, 0.29) is 5.91 Å². The van der Waals surface area contributed by atoms with Crippen molar-refractivity contribution < 1.29 is 4.79 Å². The summed E-state index contributed by atoms with van der Waals surface area (Å²) in [6.45, 7) is 7.21. The monoisotopic (exact) mass is 373 g/mol. The van der Waals surface area contributed by atoms with Crippen LogP contribution in [0.2, 0.25) is 0 Å². The highest BCUT2D eigenvalue weighted by Crippen LogP contribution is 2.21. The zero-order chi connectivity index (χ0) is 19.3. The molecule has 1 aliphatic rings. The minimum absolute atomic E-state index is 0.150. The number of rotatable bonds is 5. The number of benzene rings is 2. The van der Waals surface area contributed by atoms with Crippen LogP contribution >= 0.6 is 0 Å². The predicted octanol–water partition coefficient (Wildman–Crippen LogP) is 4.13. The van der Waals surface area contributed by atoms with Crippen molar-refractivity contribution in [2.24, 2.45) is 0 Å². The Balaban J connectivity index is 1.37. The molecule has 0 bridgehead atoms. The first-order valence-corrected chi connectivity index (χ1v) is 10.1. The van der Waals surface area contributed by atoms with Crippen LogP contribution in [0.4, 0.5) is 0 Å². The van der Waals surface area contributed by atoms with Crippen LogP contribution in [-0.4, -0.2) is 53.0 Å². The van der Waals surface area contributed by atoms with Crippen LogP contribution in [0.3, 0.4) is 0 Å². The largest absolute Gasteiger partial charge is 0.337 e. The lowest BCUT2D eigenvalue weighted by molar-refractivity contribution is 0.0640. The van der Waals surface area contributed by atoms with Crippen molar-refractivity contribution in [3.63, 3.8) is 0 Å². The van der Waals surface area contributed by atoms with Crippen molar-refractivity contribution in [1.29, 1.82) is 0 Å². The molecule has 4 heteroatoms. The van der Waals surface area contributed by atoms with Crippen molar-refractivity contribution in [3.8, 4) is 0 Å². The van der Waals surface area contributed by atoms with E-state index in [1.54, 1.807) is 0 Å². The van der Waals surface area contributed by atoms with E-state index in [9.17, 15) is 4.79 Å². The zero-order valence-corrected chi connectivity index (χ0v) is 16.4. The van der Waals surface area contributed by atoms with Gasteiger partial charge in [0.15, 0.2) is 0 Å². The van der Waals surface area contributed by atoms with Gasteiger partial charge in [-0.25, -0.2) is 0 Å². The van der Waals surface area contributed by atoms with Gasteiger partial charge in [0.05, 0.1) is 0 Å². The van der Waals surface area contributed by atoms with Crippen LogP contribution in [0, 0.1) is 0 Å². The molecule has 0 aliphatic carbocycles. The molecule has 0 saturated carbocycles. The number of carbonyl (C=O) groups is 1. The van der Waals surface area contributed by atoms with Crippen LogP contribution in [0.25, 0.3) is 17.0 Å². The van der Waals surface area contributed by atoms with E-state index in [4.69, 9.17) is 0 Å². The molecule has 1 aliphatic heterocycles. The Labute approximate surface area is 166 Å². The Morgan fingerprint density at radius 1 is 0.964 bits per heavy atom. The Kier molecular flexibility index (Phi) is 5.58.